The van der Waals surface area contributed by atoms with Crippen LogP contribution in [0.25, 0.3) is 0 Å². The summed E-state index contributed by atoms with van der Waals surface area (Å²) in [6, 6.07) is 0.533. The highest BCUT2D eigenvalue weighted by atomic mass is 31.0. The Hall–Kier alpha value is -1.31. The Kier molecular flexibility index (Phi) is 12.2. The van der Waals surface area contributed by atoms with Gasteiger partial charge in [-0.2, -0.15) is 0 Å². The molecular formula is C21H38N5O3P. The molecule has 0 bridgehead atoms. The van der Waals surface area contributed by atoms with Crippen LogP contribution in [0, 0.1) is 5.92 Å². The van der Waals surface area contributed by atoms with Gasteiger partial charge in [-0.3, -0.25) is 9.79 Å². The van der Waals surface area contributed by atoms with E-state index >= 15 is 0 Å². The molecule has 3 unspecified atom stereocenters. The van der Waals surface area contributed by atoms with Gasteiger partial charge >= 0.3 is 0 Å². The molecule has 0 radical (unpaired) electrons. The van der Waals surface area contributed by atoms with Crippen LogP contribution >= 0.6 is 9.39 Å². The normalized spacial score (nSPS) is 23.5. The zero-order chi connectivity index (χ0) is 21.6. The van der Waals surface area contributed by atoms with E-state index in [1.165, 1.54) is 38.2 Å². The van der Waals surface area contributed by atoms with Crippen molar-refractivity contribution in [3.63, 3.8) is 0 Å². The Morgan fingerprint density at radius 3 is 2.77 bits per heavy atom. The maximum Gasteiger partial charge on any atom is 0.267 e. The number of nitrogens with zero attached hydrogens (tertiary/aromatic N) is 1. The molecule has 0 aromatic rings. The molecule has 30 heavy (non-hydrogen) atoms. The summed E-state index contributed by atoms with van der Waals surface area (Å²) in [5, 5.41) is 6.92. The lowest BCUT2D eigenvalue weighted by Gasteiger charge is -2.28. The third-order valence-corrected chi connectivity index (χ3v) is 5.71. The summed E-state index contributed by atoms with van der Waals surface area (Å²) in [5.41, 5.74) is 8.73. The first-order chi connectivity index (χ1) is 14.7. The molecule has 0 aromatic carbocycles. The molecule has 5 N–H and O–H groups in total. The van der Waals surface area contributed by atoms with Gasteiger partial charge in [-0.1, -0.05) is 28.7 Å². The number of hydroxylamine groups is 1. The second-order valence-electron chi connectivity index (χ2n) is 7.91. The number of carbonyl (C=O) groups is 1. The standard InChI is InChI=1S/C21H34N4O3.H4NP/c1-16(17-7-3-2-4-8-17)22-14-19-15-23-18(13-24-19)10-11-20(26)25-28-21-9-5-6-12-27-21;1-2/h10-11,13,16-17,21-23H,2-9,12,14-15H2,1H3,(H,25,26);1-2H2/b11-10+;. The van der Waals surface area contributed by atoms with Crippen molar-refractivity contribution in [1.29, 1.82) is 0 Å². The summed E-state index contributed by atoms with van der Waals surface area (Å²) in [6.45, 7) is 4.46. The molecule has 2 fully saturated rings. The quantitative estimate of drug-likeness (QED) is 0.262. The molecular weight excluding hydrogens is 401 g/mol. The van der Waals surface area contributed by atoms with E-state index in [1.807, 2.05) is 9.39 Å². The third-order valence-electron chi connectivity index (χ3n) is 5.71. The van der Waals surface area contributed by atoms with Crippen LogP contribution in [0.4, 0.5) is 0 Å². The zero-order valence-electron chi connectivity index (χ0n) is 18.1. The SMILES string of the molecule is CC(NCC1=NC=C(/C=C/C(=O)NOC2CCCCO2)NC1)C1CCCCC1.NP. The second-order valence-corrected chi connectivity index (χ2v) is 7.91. The Morgan fingerprint density at radius 1 is 1.33 bits per heavy atom. The minimum absolute atomic E-state index is 0.311. The van der Waals surface area contributed by atoms with Gasteiger partial charge in [0.1, 0.15) is 0 Å². The minimum Gasteiger partial charge on any atom is -0.378 e. The van der Waals surface area contributed by atoms with Crippen LogP contribution < -0.4 is 21.6 Å². The van der Waals surface area contributed by atoms with Crippen molar-refractivity contribution in [2.75, 3.05) is 19.7 Å². The fourth-order valence-electron chi connectivity index (χ4n) is 3.87. The van der Waals surface area contributed by atoms with Gasteiger partial charge in [-0.05, 0) is 44.6 Å². The molecule has 0 aromatic heterocycles. The van der Waals surface area contributed by atoms with Gasteiger partial charge in [0, 0.05) is 31.7 Å². The molecule has 0 spiro atoms. The number of hydrogen-bond acceptors (Lipinski definition) is 7. The molecule has 3 atom stereocenters. The first kappa shape index (κ1) is 25.0. The van der Waals surface area contributed by atoms with Crippen LogP contribution in [-0.4, -0.2) is 43.6 Å². The van der Waals surface area contributed by atoms with Crippen LogP contribution in [0.5, 0.6) is 0 Å². The number of allylic oxidation sites excluding steroid dienone is 1. The topological polar surface area (TPSA) is 110 Å². The summed E-state index contributed by atoms with van der Waals surface area (Å²) in [4.78, 5) is 21.6. The van der Waals surface area contributed by atoms with E-state index in [2.05, 4.69) is 33.5 Å². The smallest absolute Gasteiger partial charge is 0.267 e. The average Bonchev–Trinajstić information content (AvgIpc) is 2.83. The predicted molar refractivity (Wildman–Crippen MR) is 123 cm³/mol. The van der Waals surface area contributed by atoms with E-state index in [4.69, 9.17) is 9.57 Å². The first-order valence-corrected chi connectivity index (χ1v) is 11.7. The number of hydrogen-bond donors (Lipinski definition) is 4. The highest BCUT2D eigenvalue weighted by Crippen LogP contribution is 2.26. The molecule has 1 saturated heterocycles. The van der Waals surface area contributed by atoms with E-state index in [-0.39, 0.29) is 12.2 Å². The fraction of sp³-hybridized carbons (Fsp3) is 0.714. The highest BCUT2D eigenvalue weighted by molar-refractivity contribution is 7.13. The number of aliphatic imine (C=N–C) groups is 1. The Balaban J connectivity index is 0.00000155. The fourth-order valence-corrected chi connectivity index (χ4v) is 3.87. The monoisotopic (exact) mass is 439 g/mol. The molecule has 1 saturated carbocycles. The molecule has 1 amide bonds. The van der Waals surface area contributed by atoms with Gasteiger partial charge in [0.05, 0.1) is 24.2 Å². The Morgan fingerprint density at radius 2 is 2.10 bits per heavy atom. The van der Waals surface area contributed by atoms with E-state index in [0.29, 0.717) is 19.2 Å². The van der Waals surface area contributed by atoms with Crippen molar-refractivity contribution in [2.45, 2.75) is 70.6 Å². The lowest BCUT2D eigenvalue weighted by Crippen LogP contribution is -2.40. The molecule has 9 heteroatoms. The molecule has 8 nitrogen and oxygen atoms in total. The molecule has 3 rings (SSSR count). The zero-order valence-corrected chi connectivity index (χ0v) is 19.2. The van der Waals surface area contributed by atoms with E-state index in [9.17, 15) is 4.79 Å². The molecule has 2 heterocycles. The van der Waals surface area contributed by atoms with Crippen LogP contribution in [-0.2, 0) is 14.4 Å². The van der Waals surface area contributed by atoms with Crippen LogP contribution in [0.15, 0.2) is 29.0 Å². The predicted octanol–water partition coefficient (Wildman–Crippen LogP) is 2.30. The van der Waals surface area contributed by atoms with Gasteiger partial charge < -0.3 is 20.9 Å². The van der Waals surface area contributed by atoms with Crippen LogP contribution in [0.2, 0.25) is 0 Å². The van der Waals surface area contributed by atoms with Crippen molar-refractivity contribution in [2.24, 2.45) is 16.4 Å². The summed E-state index contributed by atoms with van der Waals surface area (Å²) in [5.74, 6) is 0.481. The van der Waals surface area contributed by atoms with E-state index < -0.39 is 0 Å². The van der Waals surface area contributed by atoms with Crippen molar-refractivity contribution in [1.82, 2.24) is 16.1 Å². The number of rotatable bonds is 8. The Labute approximate surface area is 182 Å². The van der Waals surface area contributed by atoms with Crippen molar-refractivity contribution in [3.8, 4) is 0 Å². The second kappa shape index (κ2) is 14.7. The lowest BCUT2D eigenvalue weighted by atomic mass is 9.84. The maximum absolute atomic E-state index is 11.8. The van der Waals surface area contributed by atoms with Crippen LogP contribution in [0.1, 0.15) is 58.3 Å². The van der Waals surface area contributed by atoms with Gasteiger partial charge in [0.2, 0.25) is 0 Å². The number of nitrogens with one attached hydrogen (secondary N) is 3. The third kappa shape index (κ3) is 9.23. The molecule has 3 aliphatic rings. The number of ether oxygens (including phenoxy) is 1. The van der Waals surface area contributed by atoms with Gasteiger partial charge in [0.25, 0.3) is 5.91 Å². The largest absolute Gasteiger partial charge is 0.378 e. The van der Waals surface area contributed by atoms with Crippen molar-refractivity contribution in [3.05, 3.63) is 24.0 Å². The number of nitrogens with two attached hydrogens (primary N) is 1. The average molecular weight is 440 g/mol. The molecule has 170 valence electrons. The van der Waals surface area contributed by atoms with E-state index in [1.54, 1.807) is 12.3 Å². The summed E-state index contributed by atoms with van der Waals surface area (Å²) < 4.78 is 5.40. The summed E-state index contributed by atoms with van der Waals surface area (Å²) in [6.07, 6.45) is 14.3. The Bertz CT molecular complexity index is 599. The lowest BCUT2D eigenvalue weighted by molar-refractivity contribution is -0.198. The van der Waals surface area contributed by atoms with Crippen LogP contribution in [0.3, 0.4) is 0 Å². The highest BCUT2D eigenvalue weighted by Gasteiger charge is 2.20. The molecule has 1 aliphatic carbocycles. The molecule has 2 aliphatic heterocycles. The van der Waals surface area contributed by atoms with Gasteiger partial charge in [-0.25, -0.2) is 10.3 Å². The van der Waals surface area contributed by atoms with Crippen molar-refractivity contribution >= 4 is 21.0 Å². The minimum atomic E-state index is -0.339. The van der Waals surface area contributed by atoms with Gasteiger partial charge in [-0.15, -0.1) is 0 Å². The summed E-state index contributed by atoms with van der Waals surface area (Å²) >= 11 is 0. The summed E-state index contributed by atoms with van der Waals surface area (Å²) in [7, 11) is 1.92. The van der Waals surface area contributed by atoms with Gasteiger partial charge in [0.15, 0.2) is 6.29 Å². The number of amides is 1. The first-order valence-electron chi connectivity index (χ1n) is 11.0. The van der Waals surface area contributed by atoms with E-state index in [0.717, 1.165) is 43.1 Å². The van der Waals surface area contributed by atoms with Crippen molar-refractivity contribution < 1.29 is 14.4 Å². The number of carbonyl (C=O) groups excluding carboxylic acids is 1. The maximum atomic E-state index is 11.8.